The lowest BCUT2D eigenvalue weighted by Crippen LogP contribution is -2.46. The number of hydrogen-bond donors (Lipinski definition) is 2. The highest BCUT2D eigenvalue weighted by Gasteiger charge is 2.36. The van der Waals surface area contributed by atoms with Gasteiger partial charge in [-0.2, -0.15) is 8.42 Å². The predicted molar refractivity (Wildman–Crippen MR) is 75.6 cm³/mol. The first-order valence-corrected chi connectivity index (χ1v) is 7.66. The largest absolute Gasteiger partial charge is 0.449 e. The third kappa shape index (κ3) is 2.64. The minimum atomic E-state index is -3.99. The van der Waals surface area contributed by atoms with Crippen molar-refractivity contribution in [2.75, 3.05) is 16.6 Å². The van der Waals surface area contributed by atoms with E-state index in [2.05, 4.69) is 4.74 Å². The number of fused-ring (bicyclic) bond motifs is 1. The first-order chi connectivity index (χ1) is 9.35. The number of carbonyl (C=O) groups excluding carboxylic acids is 1. The Balaban J connectivity index is 2.31. The maximum Gasteiger partial charge on any atom is 0.422 e. The number of benzene rings is 1. The van der Waals surface area contributed by atoms with E-state index in [-0.39, 0.29) is 12.6 Å². The lowest BCUT2D eigenvalue weighted by atomic mass is 10.1. The van der Waals surface area contributed by atoms with E-state index < -0.39 is 16.3 Å². The fraction of sp³-hybridized carbons (Fsp3) is 0.417. The lowest BCUT2D eigenvalue weighted by Gasteiger charge is -2.24. The number of rotatable bonds is 3. The predicted octanol–water partition coefficient (Wildman–Crippen LogP) is 1.01. The normalized spacial score (nSPS) is 17.7. The second kappa shape index (κ2) is 5.20. The van der Waals surface area contributed by atoms with Gasteiger partial charge in [0.1, 0.15) is 0 Å². The molecule has 3 N–H and O–H groups in total. The fourth-order valence-electron chi connectivity index (χ4n) is 2.30. The van der Waals surface area contributed by atoms with E-state index in [4.69, 9.17) is 5.73 Å². The number of ether oxygens (including phenoxy) is 1. The summed E-state index contributed by atoms with van der Waals surface area (Å²) in [6.07, 6.45) is -0.437. The van der Waals surface area contributed by atoms with Crippen LogP contribution in [0.5, 0.6) is 0 Å². The van der Waals surface area contributed by atoms with Crippen LogP contribution < -0.4 is 14.8 Å². The molecule has 1 amide bonds. The number of nitrogens with zero attached hydrogens (tertiary/aromatic N) is 1. The van der Waals surface area contributed by atoms with Crippen LogP contribution in [-0.2, 0) is 21.4 Å². The van der Waals surface area contributed by atoms with Crippen LogP contribution in [0.25, 0.3) is 0 Å². The van der Waals surface area contributed by atoms with Crippen molar-refractivity contribution in [3.05, 3.63) is 23.8 Å². The second-order valence-electron chi connectivity index (χ2n) is 4.56. The zero-order valence-corrected chi connectivity index (χ0v) is 12.1. The molecule has 1 aromatic rings. The van der Waals surface area contributed by atoms with E-state index in [1.165, 1.54) is 4.31 Å². The summed E-state index contributed by atoms with van der Waals surface area (Å²) in [7, 11) is -3.99. The molecular formula is C12H17N3O4S. The molecule has 8 heteroatoms. The highest BCUT2D eigenvalue weighted by atomic mass is 32.2. The summed E-state index contributed by atoms with van der Waals surface area (Å²) >= 11 is 0. The van der Waals surface area contributed by atoms with Crippen molar-refractivity contribution in [2.24, 2.45) is 0 Å². The molecule has 0 aromatic heterocycles. The molecule has 1 atom stereocenters. The molecule has 0 spiro atoms. The third-order valence-electron chi connectivity index (χ3n) is 3.00. The SMILES string of the molecule is CCOC(=O)NS(=O)(=O)N1c2ccc(N)cc2CC1C. The Kier molecular flexibility index (Phi) is 3.76. The van der Waals surface area contributed by atoms with Gasteiger partial charge < -0.3 is 10.5 Å². The van der Waals surface area contributed by atoms with Crippen molar-refractivity contribution < 1.29 is 17.9 Å². The molecule has 1 heterocycles. The highest BCUT2D eigenvalue weighted by molar-refractivity contribution is 7.91. The van der Waals surface area contributed by atoms with Gasteiger partial charge in [0.15, 0.2) is 0 Å². The van der Waals surface area contributed by atoms with Gasteiger partial charge in [0.25, 0.3) is 0 Å². The molecule has 2 rings (SSSR count). The topological polar surface area (TPSA) is 102 Å². The van der Waals surface area contributed by atoms with E-state index in [1.807, 2.05) is 4.72 Å². The van der Waals surface area contributed by atoms with E-state index in [9.17, 15) is 13.2 Å². The van der Waals surface area contributed by atoms with Gasteiger partial charge in [-0.3, -0.25) is 0 Å². The molecule has 0 aliphatic carbocycles. The van der Waals surface area contributed by atoms with Crippen molar-refractivity contribution in [1.82, 2.24) is 4.72 Å². The van der Waals surface area contributed by atoms with Crippen molar-refractivity contribution in [1.29, 1.82) is 0 Å². The van der Waals surface area contributed by atoms with Crippen molar-refractivity contribution in [3.63, 3.8) is 0 Å². The summed E-state index contributed by atoms with van der Waals surface area (Å²) in [5.41, 5.74) is 7.64. The highest BCUT2D eigenvalue weighted by Crippen LogP contribution is 2.35. The summed E-state index contributed by atoms with van der Waals surface area (Å²) in [6, 6.07) is 4.72. The van der Waals surface area contributed by atoms with Crippen LogP contribution in [-0.4, -0.2) is 27.2 Å². The number of nitrogens with one attached hydrogen (secondary N) is 1. The molecule has 1 aliphatic rings. The number of anilines is 2. The van der Waals surface area contributed by atoms with Crippen LogP contribution >= 0.6 is 0 Å². The van der Waals surface area contributed by atoms with Crippen molar-refractivity contribution in [2.45, 2.75) is 26.3 Å². The molecule has 0 radical (unpaired) electrons. The second-order valence-corrected chi connectivity index (χ2v) is 6.11. The molecule has 1 unspecified atom stereocenters. The Bertz CT molecular complexity index is 630. The van der Waals surface area contributed by atoms with Crippen LogP contribution in [0.4, 0.5) is 16.2 Å². The van der Waals surface area contributed by atoms with E-state index in [0.29, 0.717) is 17.8 Å². The van der Waals surface area contributed by atoms with Gasteiger partial charge in [0, 0.05) is 11.7 Å². The number of hydrogen-bond acceptors (Lipinski definition) is 5. The van der Waals surface area contributed by atoms with E-state index >= 15 is 0 Å². The summed E-state index contributed by atoms with van der Waals surface area (Å²) in [5, 5.41) is 0. The van der Waals surface area contributed by atoms with Crippen LogP contribution in [0.2, 0.25) is 0 Å². The molecule has 1 aromatic carbocycles. The minimum Gasteiger partial charge on any atom is -0.449 e. The Labute approximate surface area is 117 Å². The third-order valence-corrected chi connectivity index (χ3v) is 4.50. The summed E-state index contributed by atoms with van der Waals surface area (Å²) < 4.78 is 32.2. The van der Waals surface area contributed by atoms with Gasteiger partial charge in [-0.25, -0.2) is 13.8 Å². The zero-order chi connectivity index (χ0) is 14.9. The van der Waals surface area contributed by atoms with Gasteiger partial charge in [0.05, 0.1) is 12.3 Å². The van der Waals surface area contributed by atoms with Crippen LogP contribution in [0.3, 0.4) is 0 Å². The molecule has 0 saturated carbocycles. The number of nitrogens with two attached hydrogens (primary N) is 1. The summed E-state index contributed by atoms with van der Waals surface area (Å²) in [4.78, 5) is 11.3. The smallest absolute Gasteiger partial charge is 0.422 e. The zero-order valence-electron chi connectivity index (χ0n) is 11.3. The minimum absolute atomic E-state index is 0.101. The molecule has 1 aliphatic heterocycles. The summed E-state index contributed by atoms with van der Waals surface area (Å²) in [6.45, 7) is 3.47. The average Bonchev–Trinajstić information content (AvgIpc) is 2.64. The van der Waals surface area contributed by atoms with Crippen molar-refractivity contribution >= 4 is 27.7 Å². The first kappa shape index (κ1) is 14.4. The molecule has 20 heavy (non-hydrogen) atoms. The van der Waals surface area contributed by atoms with Gasteiger partial charge in [-0.15, -0.1) is 0 Å². The van der Waals surface area contributed by atoms with Crippen LogP contribution in [0.15, 0.2) is 18.2 Å². The summed E-state index contributed by atoms with van der Waals surface area (Å²) in [5.74, 6) is 0. The maximum atomic E-state index is 12.3. The molecule has 7 nitrogen and oxygen atoms in total. The number of carbonyl (C=O) groups is 1. The maximum absolute atomic E-state index is 12.3. The molecule has 0 fully saturated rings. The van der Waals surface area contributed by atoms with E-state index in [1.54, 1.807) is 32.0 Å². The standard InChI is InChI=1S/C12H17N3O4S/c1-3-19-12(16)14-20(17,18)15-8(2)6-9-7-10(13)4-5-11(9)15/h4-5,7-8H,3,6,13H2,1-2H3,(H,14,16). The Morgan fingerprint density at radius 2 is 2.25 bits per heavy atom. The van der Waals surface area contributed by atoms with Crippen LogP contribution in [0, 0.1) is 0 Å². The number of amides is 1. The van der Waals surface area contributed by atoms with Crippen LogP contribution in [0.1, 0.15) is 19.4 Å². The average molecular weight is 299 g/mol. The number of nitrogen functional groups attached to an aromatic ring is 1. The molecule has 0 saturated heterocycles. The van der Waals surface area contributed by atoms with Gasteiger partial charge in [-0.05, 0) is 44.0 Å². The fourth-order valence-corrected chi connectivity index (χ4v) is 3.66. The van der Waals surface area contributed by atoms with Gasteiger partial charge in [-0.1, -0.05) is 0 Å². The molecule has 0 bridgehead atoms. The molecular weight excluding hydrogens is 282 g/mol. The Hall–Kier alpha value is -1.96. The van der Waals surface area contributed by atoms with Gasteiger partial charge in [0.2, 0.25) is 0 Å². The first-order valence-electron chi connectivity index (χ1n) is 6.22. The van der Waals surface area contributed by atoms with E-state index in [0.717, 1.165) is 5.56 Å². The van der Waals surface area contributed by atoms with Crippen molar-refractivity contribution in [3.8, 4) is 0 Å². The quantitative estimate of drug-likeness (QED) is 0.811. The lowest BCUT2D eigenvalue weighted by molar-refractivity contribution is 0.158. The molecule has 110 valence electrons. The Morgan fingerprint density at radius 3 is 2.90 bits per heavy atom. The monoisotopic (exact) mass is 299 g/mol. The Morgan fingerprint density at radius 1 is 1.55 bits per heavy atom. The van der Waals surface area contributed by atoms with Gasteiger partial charge >= 0.3 is 16.3 Å².